The number of benzene rings is 1. The van der Waals surface area contributed by atoms with E-state index in [2.05, 4.69) is 5.32 Å². The molecule has 1 saturated heterocycles. The van der Waals surface area contributed by atoms with Crippen LogP contribution in [0.3, 0.4) is 0 Å². The summed E-state index contributed by atoms with van der Waals surface area (Å²) in [6.07, 6.45) is 2.98. The van der Waals surface area contributed by atoms with Gasteiger partial charge in [0, 0.05) is 11.6 Å². The molecule has 1 N–H and O–H groups in total. The Hall–Kier alpha value is -0.930. The molecule has 2 nitrogen and oxygen atoms in total. The van der Waals surface area contributed by atoms with Gasteiger partial charge >= 0.3 is 0 Å². The van der Waals surface area contributed by atoms with Crippen LogP contribution in [0.25, 0.3) is 0 Å². The second kappa shape index (κ2) is 4.15. The van der Waals surface area contributed by atoms with E-state index in [9.17, 15) is 4.39 Å². The van der Waals surface area contributed by atoms with E-state index >= 15 is 0 Å². The van der Waals surface area contributed by atoms with Crippen molar-refractivity contribution >= 4 is 0 Å². The molecule has 0 amide bonds. The summed E-state index contributed by atoms with van der Waals surface area (Å²) >= 11 is 0. The van der Waals surface area contributed by atoms with Gasteiger partial charge in [0.2, 0.25) is 0 Å². The molecule has 16 heavy (non-hydrogen) atoms. The number of hydrogen-bond donors (Lipinski definition) is 1. The zero-order valence-electron chi connectivity index (χ0n) is 9.21. The van der Waals surface area contributed by atoms with Crippen molar-refractivity contribution in [2.24, 2.45) is 0 Å². The zero-order chi connectivity index (χ0) is 11.0. The van der Waals surface area contributed by atoms with E-state index < -0.39 is 0 Å². The molecule has 0 spiro atoms. The van der Waals surface area contributed by atoms with Crippen LogP contribution in [0.4, 0.5) is 4.39 Å². The smallest absolute Gasteiger partial charge is 0.129 e. The van der Waals surface area contributed by atoms with Crippen molar-refractivity contribution in [3.8, 4) is 0 Å². The third kappa shape index (κ3) is 1.64. The second-order valence-corrected chi connectivity index (χ2v) is 4.56. The molecule has 0 bridgehead atoms. The first-order chi connectivity index (χ1) is 7.86. The zero-order valence-corrected chi connectivity index (χ0v) is 9.21. The molecule has 1 aromatic rings. The van der Waals surface area contributed by atoms with Gasteiger partial charge in [-0.25, -0.2) is 4.39 Å². The Bertz CT molecular complexity index is 388. The molecule has 1 aromatic carbocycles. The Kier molecular flexibility index (Phi) is 2.65. The Morgan fingerprint density at radius 1 is 1.38 bits per heavy atom. The highest BCUT2D eigenvalue weighted by Crippen LogP contribution is 2.34. The van der Waals surface area contributed by atoms with Crippen LogP contribution in [0.2, 0.25) is 0 Å². The van der Waals surface area contributed by atoms with Crippen LogP contribution in [0, 0.1) is 5.82 Å². The fourth-order valence-corrected chi connectivity index (χ4v) is 2.78. The highest BCUT2D eigenvalue weighted by Gasteiger charge is 2.32. The van der Waals surface area contributed by atoms with Crippen LogP contribution < -0.4 is 5.32 Å². The lowest BCUT2D eigenvalue weighted by Crippen LogP contribution is -2.34. The Morgan fingerprint density at radius 3 is 3.12 bits per heavy atom. The molecule has 86 valence electrons. The van der Waals surface area contributed by atoms with E-state index in [0.717, 1.165) is 36.9 Å². The quantitative estimate of drug-likeness (QED) is 0.785. The topological polar surface area (TPSA) is 21.3 Å². The monoisotopic (exact) mass is 221 g/mol. The molecule has 3 heteroatoms. The first kappa shape index (κ1) is 10.2. The van der Waals surface area contributed by atoms with Gasteiger partial charge in [-0.15, -0.1) is 0 Å². The Morgan fingerprint density at radius 2 is 2.31 bits per heavy atom. The van der Waals surface area contributed by atoms with Gasteiger partial charge in [-0.3, -0.25) is 0 Å². The minimum Gasteiger partial charge on any atom is -0.371 e. The Balaban J connectivity index is 1.98. The fourth-order valence-electron chi connectivity index (χ4n) is 2.78. The molecule has 2 atom stereocenters. The van der Waals surface area contributed by atoms with Gasteiger partial charge in [-0.1, -0.05) is 12.1 Å². The summed E-state index contributed by atoms with van der Waals surface area (Å²) in [5.41, 5.74) is 1.90. The molecule has 1 fully saturated rings. The third-order valence-corrected chi connectivity index (χ3v) is 3.56. The van der Waals surface area contributed by atoms with Crippen LogP contribution in [0.15, 0.2) is 18.2 Å². The second-order valence-electron chi connectivity index (χ2n) is 4.56. The lowest BCUT2D eigenvalue weighted by Gasteiger charge is -2.30. The van der Waals surface area contributed by atoms with Gasteiger partial charge in [0.1, 0.15) is 11.9 Å². The van der Waals surface area contributed by atoms with Gasteiger partial charge in [0.25, 0.3) is 0 Å². The molecule has 0 aromatic heterocycles. The lowest BCUT2D eigenvalue weighted by atomic mass is 9.92. The van der Waals surface area contributed by atoms with E-state index in [0.29, 0.717) is 6.61 Å². The van der Waals surface area contributed by atoms with Crippen molar-refractivity contribution in [1.82, 2.24) is 5.32 Å². The summed E-state index contributed by atoms with van der Waals surface area (Å²) in [6, 6.07) is 5.63. The van der Waals surface area contributed by atoms with Crippen LogP contribution in [-0.2, 0) is 11.2 Å². The summed E-state index contributed by atoms with van der Waals surface area (Å²) in [6.45, 7) is 1.73. The molecular weight excluding hydrogens is 205 g/mol. The van der Waals surface area contributed by atoms with Gasteiger partial charge in [0.05, 0.1) is 6.61 Å². The minimum absolute atomic E-state index is 0.0903. The van der Waals surface area contributed by atoms with Crippen LogP contribution in [0.1, 0.15) is 30.1 Å². The van der Waals surface area contributed by atoms with E-state index in [1.807, 2.05) is 6.07 Å². The van der Waals surface area contributed by atoms with Crippen molar-refractivity contribution in [2.75, 3.05) is 13.2 Å². The summed E-state index contributed by atoms with van der Waals surface area (Å²) in [5, 5.41) is 3.40. The molecule has 0 unspecified atom stereocenters. The average molecular weight is 221 g/mol. The summed E-state index contributed by atoms with van der Waals surface area (Å²) in [4.78, 5) is 0. The maximum Gasteiger partial charge on any atom is 0.129 e. The first-order valence-corrected chi connectivity index (χ1v) is 5.98. The fraction of sp³-hybridized carbons (Fsp3) is 0.538. The van der Waals surface area contributed by atoms with Crippen molar-refractivity contribution in [2.45, 2.75) is 31.4 Å². The summed E-state index contributed by atoms with van der Waals surface area (Å²) < 4.78 is 19.6. The minimum atomic E-state index is -0.115. The van der Waals surface area contributed by atoms with Gasteiger partial charge < -0.3 is 10.1 Å². The Labute approximate surface area is 94.8 Å². The van der Waals surface area contributed by atoms with Gasteiger partial charge in [-0.2, -0.15) is 0 Å². The maximum absolute atomic E-state index is 13.9. The highest BCUT2D eigenvalue weighted by atomic mass is 19.1. The van der Waals surface area contributed by atoms with Gasteiger partial charge in [-0.05, 0) is 37.4 Å². The molecule has 0 saturated carbocycles. The van der Waals surface area contributed by atoms with Crippen LogP contribution in [0.5, 0.6) is 0 Å². The standard InChI is InChI=1S/C13H16FNO/c14-10-4-1-3-9-6-8-16-13(12(9)10)11-5-2-7-15-11/h1,3-4,11,13,15H,2,5-8H2/t11-,13-/m1/s1. The lowest BCUT2D eigenvalue weighted by molar-refractivity contribution is 0.0172. The molecule has 0 aliphatic carbocycles. The van der Waals surface area contributed by atoms with E-state index in [1.54, 1.807) is 6.07 Å². The molecule has 2 aliphatic heterocycles. The van der Waals surface area contributed by atoms with Gasteiger partial charge in [0.15, 0.2) is 0 Å². The largest absolute Gasteiger partial charge is 0.371 e. The predicted molar refractivity (Wildman–Crippen MR) is 59.8 cm³/mol. The SMILES string of the molecule is Fc1cccc2c1[C@@H]([C@H]1CCCN1)OCC2. The number of fused-ring (bicyclic) bond motifs is 1. The number of halogens is 1. The summed E-state index contributed by atoms with van der Waals surface area (Å²) in [5.74, 6) is -0.115. The normalized spacial score (nSPS) is 29.1. The summed E-state index contributed by atoms with van der Waals surface area (Å²) in [7, 11) is 0. The molecule has 3 rings (SSSR count). The number of hydrogen-bond acceptors (Lipinski definition) is 2. The van der Waals surface area contributed by atoms with Crippen molar-refractivity contribution in [3.63, 3.8) is 0 Å². The molecule has 0 radical (unpaired) electrons. The molecule has 2 heterocycles. The van der Waals surface area contributed by atoms with E-state index in [4.69, 9.17) is 4.74 Å². The maximum atomic E-state index is 13.9. The number of nitrogens with one attached hydrogen (secondary N) is 1. The van der Waals surface area contributed by atoms with E-state index in [-0.39, 0.29) is 18.0 Å². The van der Waals surface area contributed by atoms with E-state index in [1.165, 1.54) is 6.07 Å². The first-order valence-electron chi connectivity index (χ1n) is 5.98. The highest BCUT2D eigenvalue weighted by molar-refractivity contribution is 5.33. The van der Waals surface area contributed by atoms with Crippen LogP contribution >= 0.6 is 0 Å². The molecular formula is C13H16FNO. The number of rotatable bonds is 1. The molecule has 2 aliphatic rings. The van der Waals surface area contributed by atoms with Crippen molar-refractivity contribution < 1.29 is 9.13 Å². The van der Waals surface area contributed by atoms with Crippen LogP contribution in [-0.4, -0.2) is 19.2 Å². The average Bonchev–Trinajstić information content (AvgIpc) is 2.82. The predicted octanol–water partition coefficient (Wildman–Crippen LogP) is 2.19. The van der Waals surface area contributed by atoms with Crippen molar-refractivity contribution in [3.05, 3.63) is 35.1 Å². The third-order valence-electron chi connectivity index (χ3n) is 3.56. The van der Waals surface area contributed by atoms with Crippen molar-refractivity contribution in [1.29, 1.82) is 0 Å². The number of ether oxygens (including phenoxy) is 1.